The van der Waals surface area contributed by atoms with Crippen LogP contribution in [0.15, 0.2) is 24.3 Å². The van der Waals surface area contributed by atoms with Crippen molar-refractivity contribution in [1.29, 1.82) is 0 Å². The molecule has 0 bridgehead atoms. The minimum atomic E-state index is -4.43. The Labute approximate surface area is 78.7 Å². The molecule has 0 spiro atoms. The van der Waals surface area contributed by atoms with Crippen molar-refractivity contribution in [1.82, 2.24) is 5.32 Å². The molecule has 0 saturated heterocycles. The van der Waals surface area contributed by atoms with Crippen LogP contribution >= 0.6 is 0 Å². The van der Waals surface area contributed by atoms with E-state index in [4.69, 9.17) is 0 Å². The highest BCUT2D eigenvalue weighted by molar-refractivity contribution is 5.94. The maximum absolute atomic E-state index is 12.2. The fourth-order valence-corrected chi connectivity index (χ4v) is 0.939. The van der Waals surface area contributed by atoms with Crippen LogP contribution in [-0.4, -0.2) is 5.91 Å². The normalized spacial score (nSPS) is 11.1. The first-order chi connectivity index (χ1) is 6.45. The number of hydrogen-bond donors (Lipinski definition) is 1. The molecule has 0 saturated carbocycles. The number of rotatable bonds is 1. The zero-order valence-electron chi connectivity index (χ0n) is 7.06. The smallest absolute Gasteiger partial charge is 0.350 e. The molecule has 5 heteroatoms. The van der Waals surface area contributed by atoms with E-state index in [1.807, 2.05) is 5.32 Å². The van der Waals surface area contributed by atoms with Crippen LogP contribution in [0.2, 0.25) is 0 Å². The van der Waals surface area contributed by atoms with E-state index in [2.05, 4.69) is 7.05 Å². The summed E-state index contributed by atoms with van der Waals surface area (Å²) in [6, 6.07) is 4.14. The lowest BCUT2D eigenvalue weighted by molar-refractivity contribution is -0.137. The SMILES string of the molecule is [CH2]NC(=O)c1cccc(C(F)(F)F)c1. The average molecular weight is 202 g/mol. The third-order valence-electron chi connectivity index (χ3n) is 1.61. The number of amides is 1. The average Bonchev–Trinajstić information content (AvgIpc) is 2.15. The van der Waals surface area contributed by atoms with Gasteiger partial charge in [-0.2, -0.15) is 13.2 Å². The van der Waals surface area contributed by atoms with E-state index in [0.29, 0.717) is 0 Å². The van der Waals surface area contributed by atoms with E-state index >= 15 is 0 Å². The third-order valence-corrected chi connectivity index (χ3v) is 1.61. The van der Waals surface area contributed by atoms with Gasteiger partial charge in [-0.15, -0.1) is 0 Å². The van der Waals surface area contributed by atoms with Gasteiger partial charge in [-0.25, -0.2) is 0 Å². The van der Waals surface area contributed by atoms with Crippen molar-refractivity contribution < 1.29 is 18.0 Å². The molecule has 0 unspecified atom stereocenters. The summed E-state index contributed by atoms with van der Waals surface area (Å²) < 4.78 is 36.6. The molecule has 1 rings (SSSR count). The molecular weight excluding hydrogens is 195 g/mol. The molecule has 0 atom stereocenters. The lowest BCUT2D eigenvalue weighted by Gasteiger charge is -2.07. The largest absolute Gasteiger partial charge is 0.416 e. The Balaban J connectivity index is 3.08. The molecule has 1 radical (unpaired) electrons. The van der Waals surface area contributed by atoms with E-state index < -0.39 is 17.6 Å². The molecule has 1 amide bonds. The topological polar surface area (TPSA) is 29.1 Å². The molecule has 0 aromatic heterocycles. The van der Waals surface area contributed by atoms with Gasteiger partial charge in [0, 0.05) is 12.6 Å². The van der Waals surface area contributed by atoms with Crippen LogP contribution in [0.5, 0.6) is 0 Å². The fourth-order valence-electron chi connectivity index (χ4n) is 0.939. The highest BCUT2D eigenvalue weighted by Crippen LogP contribution is 2.29. The monoisotopic (exact) mass is 202 g/mol. The van der Waals surface area contributed by atoms with Crippen molar-refractivity contribution in [2.24, 2.45) is 0 Å². The van der Waals surface area contributed by atoms with Crippen LogP contribution in [0.25, 0.3) is 0 Å². The minimum Gasteiger partial charge on any atom is -0.350 e. The molecule has 0 heterocycles. The maximum atomic E-state index is 12.2. The summed E-state index contributed by atoms with van der Waals surface area (Å²) in [5, 5.41) is 2.00. The van der Waals surface area contributed by atoms with Crippen LogP contribution in [0.4, 0.5) is 13.2 Å². The molecule has 0 aliphatic carbocycles. The Morgan fingerprint density at radius 2 is 2.00 bits per heavy atom. The predicted octanol–water partition coefficient (Wildman–Crippen LogP) is 2.23. The highest BCUT2D eigenvalue weighted by Gasteiger charge is 2.30. The summed E-state index contributed by atoms with van der Waals surface area (Å²) in [6.45, 7) is 0. The minimum absolute atomic E-state index is 0.0603. The van der Waals surface area contributed by atoms with Crippen molar-refractivity contribution in [3.05, 3.63) is 42.4 Å². The number of nitrogens with one attached hydrogen (secondary N) is 1. The van der Waals surface area contributed by atoms with Gasteiger partial charge in [-0.1, -0.05) is 6.07 Å². The van der Waals surface area contributed by atoms with E-state index in [1.165, 1.54) is 12.1 Å². The summed E-state index contributed by atoms with van der Waals surface area (Å²) in [5.74, 6) is -0.643. The number of carbonyl (C=O) groups is 1. The zero-order chi connectivity index (χ0) is 10.8. The molecule has 14 heavy (non-hydrogen) atoms. The van der Waals surface area contributed by atoms with Gasteiger partial charge >= 0.3 is 6.18 Å². The number of halogens is 3. The Hall–Kier alpha value is -1.52. The second kappa shape index (κ2) is 3.69. The van der Waals surface area contributed by atoms with Crippen molar-refractivity contribution >= 4 is 5.91 Å². The Kier molecular flexibility index (Phi) is 2.78. The van der Waals surface area contributed by atoms with Gasteiger partial charge in [-0.3, -0.25) is 4.79 Å². The van der Waals surface area contributed by atoms with E-state index in [1.54, 1.807) is 0 Å². The summed E-state index contributed by atoms with van der Waals surface area (Å²) in [6.07, 6.45) is -4.43. The number of alkyl halides is 3. The van der Waals surface area contributed by atoms with Gasteiger partial charge in [0.25, 0.3) is 5.91 Å². The van der Waals surface area contributed by atoms with Crippen molar-refractivity contribution in [3.8, 4) is 0 Å². The molecule has 1 N–H and O–H groups in total. The molecule has 1 aromatic carbocycles. The van der Waals surface area contributed by atoms with Crippen LogP contribution in [0, 0.1) is 7.05 Å². The second-order valence-corrected chi connectivity index (χ2v) is 2.58. The van der Waals surface area contributed by atoms with Gasteiger partial charge in [0.2, 0.25) is 0 Å². The Morgan fingerprint density at radius 3 is 2.50 bits per heavy atom. The van der Waals surface area contributed by atoms with Gasteiger partial charge in [-0.05, 0) is 18.2 Å². The first-order valence-electron chi connectivity index (χ1n) is 3.70. The van der Waals surface area contributed by atoms with Crippen molar-refractivity contribution in [2.75, 3.05) is 0 Å². The molecule has 0 aliphatic heterocycles. The number of hydrogen-bond acceptors (Lipinski definition) is 1. The summed E-state index contributed by atoms with van der Waals surface area (Å²) in [5.41, 5.74) is -0.909. The molecule has 0 aliphatic rings. The molecule has 1 aromatic rings. The standard InChI is InChI=1S/C9H7F3NO/c1-13-8(14)6-3-2-4-7(5-6)9(10,11)12/h2-5H,1H2,(H,13,14). The quantitative estimate of drug-likeness (QED) is 0.743. The zero-order valence-corrected chi connectivity index (χ0v) is 7.06. The van der Waals surface area contributed by atoms with Crippen LogP contribution in [0.1, 0.15) is 15.9 Å². The lowest BCUT2D eigenvalue weighted by Crippen LogP contribution is -2.16. The van der Waals surface area contributed by atoms with Crippen molar-refractivity contribution in [2.45, 2.75) is 6.18 Å². The first-order valence-corrected chi connectivity index (χ1v) is 3.70. The molecular formula is C9H7F3NO. The van der Waals surface area contributed by atoms with Crippen LogP contribution in [-0.2, 0) is 6.18 Å². The highest BCUT2D eigenvalue weighted by atomic mass is 19.4. The van der Waals surface area contributed by atoms with Gasteiger partial charge in [0.1, 0.15) is 0 Å². The molecule has 2 nitrogen and oxygen atoms in total. The van der Waals surface area contributed by atoms with E-state index in [-0.39, 0.29) is 5.56 Å². The van der Waals surface area contributed by atoms with Crippen LogP contribution < -0.4 is 5.32 Å². The van der Waals surface area contributed by atoms with Crippen molar-refractivity contribution in [3.63, 3.8) is 0 Å². The summed E-state index contributed by atoms with van der Waals surface area (Å²) in [4.78, 5) is 11.0. The van der Waals surface area contributed by atoms with Gasteiger partial charge < -0.3 is 5.32 Å². The molecule has 75 valence electrons. The first kappa shape index (κ1) is 10.6. The second-order valence-electron chi connectivity index (χ2n) is 2.58. The van der Waals surface area contributed by atoms with Crippen LogP contribution in [0.3, 0.4) is 0 Å². The van der Waals surface area contributed by atoms with Gasteiger partial charge in [0.05, 0.1) is 5.56 Å². The Bertz CT molecular complexity index is 346. The number of benzene rings is 1. The molecule has 0 fully saturated rings. The van der Waals surface area contributed by atoms with E-state index in [0.717, 1.165) is 12.1 Å². The Morgan fingerprint density at radius 1 is 1.36 bits per heavy atom. The summed E-state index contributed by atoms with van der Waals surface area (Å²) in [7, 11) is 3.07. The van der Waals surface area contributed by atoms with E-state index in [9.17, 15) is 18.0 Å². The summed E-state index contributed by atoms with van der Waals surface area (Å²) >= 11 is 0. The third kappa shape index (κ3) is 2.25. The number of carbonyl (C=O) groups excluding carboxylic acids is 1. The lowest BCUT2D eigenvalue weighted by atomic mass is 10.1. The predicted molar refractivity (Wildman–Crippen MR) is 44.3 cm³/mol. The maximum Gasteiger partial charge on any atom is 0.416 e. The van der Waals surface area contributed by atoms with Gasteiger partial charge in [0.15, 0.2) is 0 Å². The fraction of sp³-hybridized carbons (Fsp3) is 0.111.